The summed E-state index contributed by atoms with van der Waals surface area (Å²) in [6.45, 7) is 0.461. The lowest BCUT2D eigenvalue weighted by molar-refractivity contribution is -0.384. The lowest BCUT2D eigenvalue weighted by Gasteiger charge is -2.08. The number of aromatic nitrogens is 1. The minimum atomic E-state index is -3.72. The van der Waals surface area contributed by atoms with Crippen LogP contribution in [0.3, 0.4) is 0 Å². The Bertz CT molecular complexity index is 759. The van der Waals surface area contributed by atoms with Crippen LogP contribution in [0.2, 0.25) is 0 Å². The van der Waals surface area contributed by atoms with Gasteiger partial charge in [0.2, 0.25) is 10.0 Å². The second-order valence-electron chi connectivity index (χ2n) is 4.30. The molecule has 1 aromatic carbocycles. The third-order valence-electron chi connectivity index (χ3n) is 2.92. The van der Waals surface area contributed by atoms with Crippen molar-refractivity contribution in [1.29, 1.82) is 0 Å². The predicted octanol–water partition coefficient (Wildman–Crippen LogP) is 1.61. The molecule has 118 valence electrons. The molecule has 0 aliphatic heterocycles. The minimum absolute atomic E-state index is 0.147. The van der Waals surface area contributed by atoms with Gasteiger partial charge >= 0.3 is 0 Å². The van der Waals surface area contributed by atoms with E-state index in [2.05, 4.69) is 15.0 Å². The van der Waals surface area contributed by atoms with Crippen molar-refractivity contribution in [3.63, 3.8) is 0 Å². The number of nitro groups is 1. The molecular formula is C12H14N4O4S2. The lowest BCUT2D eigenvalue weighted by Crippen LogP contribution is -2.19. The van der Waals surface area contributed by atoms with Gasteiger partial charge in [-0.15, -0.1) is 11.3 Å². The highest BCUT2D eigenvalue weighted by molar-refractivity contribution is 7.89. The average Bonchev–Trinajstić information content (AvgIpc) is 3.00. The molecule has 0 aliphatic rings. The summed E-state index contributed by atoms with van der Waals surface area (Å²) in [7, 11) is -2.47. The van der Waals surface area contributed by atoms with Gasteiger partial charge in [0, 0.05) is 24.4 Å². The highest BCUT2D eigenvalue weighted by Gasteiger charge is 2.20. The van der Waals surface area contributed by atoms with Gasteiger partial charge in [0.1, 0.15) is 5.69 Å². The van der Waals surface area contributed by atoms with Gasteiger partial charge in [-0.2, -0.15) is 0 Å². The van der Waals surface area contributed by atoms with Gasteiger partial charge < -0.3 is 5.32 Å². The zero-order valence-electron chi connectivity index (χ0n) is 11.6. The van der Waals surface area contributed by atoms with Gasteiger partial charge in [-0.25, -0.2) is 18.1 Å². The van der Waals surface area contributed by atoms with Gasteiger partial charge in [0.15, 0.2) is 0 Å². The summed E-state index contributed by atoms with van der Waals surface area (Å²) in [6, 6.07) is 3.75. The Morgan fingerprint density at radius 1 is 1.41 bits per heavy atom. The SMILES string of the molecule is CNS(=O)(=O)c1ccc(NCCc2cscn2)c([N+](=O)[O-])c1. The smallest absolute Gasteiger partial charge is 0.293 e. The first-order valence-corrected chi connectivity index (χ1v) is 8.69. The van der Waals surface area contributed by atoms with E-state index in [1.165, 1.54) is 30.5 Å². The first-order valence-electron chi connectivity index (χ1n) is 6.27. The van der Waals surface area contributed by atoms with Crippen LogP contribution in [0.5, 0.6) is 0 Å². The Morgan fingerprint density at radius 3 is 2.77 bits per heavy atom. The number of anilines is 1. The molecular weight excluding hydrogens is 328 g/mol. The predicted molar refractivity (Wildman–Crippen MR) is 83.6 cm³/mol. The Morgan fingerprint density at radius 2 is 2.18 bits per heavy atom. The summed E-state index contributed by atoms with van der Waals surface area (Å²) in [5, 5.41) is 16.0. The Balaban J connectivity index is 2.18. The third kappa shape index (κ3) is 3.78. The molecule has 0 saturated carbocycles. The van der Waals surface area contributed by atoms with Crippen LogP contribution in [-0.2, 0) is 16.4 Å². The number of rotatable bonds is 7. The molecule has 0 spiro atoms. The molecule has 0 aliphatic carbocycles. The van der Waals surface area contributed by atoms with E-state index in [4.69, 9.17) is 0 Å². The largest absolute Gasteiger partial charge is 0.379 e. The summed E-state index contributed by atoms with van der Waals surface area (Å²) in [5.74, 6) is 0. The van der Waals surface area contributed by atoms with E-state index in [0.717, 1.165) is 11.8 Å². The van der Waals surface area contributed by atoms with Crippen molar-refractivity contribution < 1.29 is 13.3 Å². The van der Waals surface area contributed by atoms with Crippen molar-refractivity contribution in [2.75, 3.05) is 18.9 Å². The number of hydrogen-bond donors (Lipinski definition) is 2. The fourth-order valence-electron chi connectivity index (χ4n) is 1.78. The number of nitrogens with one attached hydrogen (secondary N) is 2. The first kappa shape index (κ1) is 16.3. The van der Waals surface area contributed by atoms with Gasteiger partial charge in [0.05, 0.1) is 21.0 Å². The van der Waals surface area contributed by atoms with E-state index in [1.807, 2.05) is 5.38 Å². The lowest BCUT2D eigenvalue weighted by atomic mass is 10.2. The van der Waals surface area contributed by atoms with E-state index < -0.39 is 14.9 Å². The molecule has 0 amide bonds. The maximum Gasteiger partial charge on any atom is 0.293 e. The topological polar surface area (TPSA) is 114 Å². The molecule has 0 unspecified atom stereocenters. The fourth-order valence-corrected chi connectivity index (χ4v) is 3.13. The highest BCUT2D eigenvalue weighted by Crippen LogP contribution is 2.27. The standard InChI is InChI=1S/C12H14N4O4S2/c1-13-22(19,20)10-2-3-11(12(6-10)16(17)18)14-5-4-9-7-21-8-15-9/h2-3,6-8,13-14H,4-5H2,1H3. The highest BCUT2D eigenvalue weighted by atomic mass is 32.2. The Labute approximate surface area is 131 Å². The molecule has 2 N–H and O–H groups in total. The molecule has 0 bridgehead atoms. The van der Waals surface area contributed by atoms with E-state index in [0.29, 0.717) is 13.0 Å². The maximum absolute atomic E-state index is 11.7. The van der Waals surface area contributed by atoms with Crippen molar-refractivity contribution in [1.82, 2.24) is 9.71 Å². The van der Waals surface area contributed by atoms with Crippen molar-refractivity contribution in [2.24, 2.45) is 0 Å². The van der Waals surface area contributed by atoms with E-state index >= 15 is 0 Å². The van der Waals surface area contributed by atoms with Crippen LogP contribution < -0.4 is 10.0 Å². The Kier molecular flexibility index (Phi) is 5.06. The van der Waals surface area contributed by atoms with Crippen LogP contribution in [0.4, 0.5) is 11.4 Å². The quantitative estimate of drug-likeness (QED) is 0.584. The zero-order valence-corrected chi connectivity index (χ0v) is 13.3. The van der Waals surface area contributed by atoms with Crippen LogP contribution in [-0.4, -0.2) is 31.9 Å². The number of thiazole rings is 1. The van der Waals surface area contributed by atoms with E-state index in [-0.39, 0.29) is 16.3 Å². The molecule has 0 fully saturated rings. The van der Waals surface area contributed by atoms with E-state index in [1.54, 1.807) is 5.51 Å². The van der Waals surface area contributed by atoms with Crippen molar-refractivity contribution in [2.45, 2.75) is 11.3 Å². The molecule has 10 heteroatoms. The first-order chi connectivity index (χ1) is 10.4. The van der Waals surface area contributed by atoms with E-state index in [9.17, 15) is 18.5 Å². The molecule has 8 nitrogen and oxygen atoms in total. The number of sulfonamides is 1. The van der Waals surface area contributed by atoms with Crippen molar-refractivity contribution in [3.8, 4) is 0 Å². The monoisotopic (exact) mass is 342 g/mol. The molecule has 0 saturated heterocycles. The second kappa shape index (κ2) is 6.81. The van der Waals surface area contributed by atoms with Crippen LogP contribution in [0.25, 0.3) is 0 Å². The minimum Gasteiger partial charge on any atom is -0.379 e. The normalized spacial score (nSPS) is 11.3. The van der Waals surface area contributed by atoms with Gasteiger partial charge in [-0.1, -0.05) is 0 Å². The summed E-state index contributed by atoms with van der Waals surface area (Å²) < 4.78 is 25.5. The summed E-state index contributed by atoms with van der Waals surface area (Å²) in [5.41, 5.74) is 2.61. The summed E-state index contributed by atoms with van der Waals surface area (Å²) in [4.78, 5) is 14.5. The van der Waals surface area contributed by atoms with Crippen molar-refractivity contribution >= 4 is 32.7 Å². The van der Waals surface area contributed by atoms with Gasteiger partial charge in [-0.05, 0) is 19.2 Å². The fraction of sp³-hybridized carbons (Fsp3) is 0.250. The molecule has 22 heavy (non-hydrogen) atoms. The molecule has 0 radical (unpaired) electrons. The van der Waals surface area contributed by atoms with Gasteiger partial charge in [-0.3, -0.25) is 10.1 Å². The number of hydrogen-bond acceptors (Lipinski definition) is 7. The molecule has 2 aromatic rings. The Hall–Kier alpha value is -2.04. The molecule has 0 atom stereocenters. The summed E-state index contributed by atoms with van der Waals surface area (Å²) in [6.07, 6.45) is 0.622. The average molecular weight is 342 g/mol. The molecule has 1 aromatic heterocycles. The summed E-state index contributed by atoms with van der Waals surface area (Å²) >= 11 is 1.48. The maximum atomic E-state index is 11.7. The zero-order chi connectivity index (χ0) is 16.2. The van der Waals surface area contributed by atoms with Crippen LogP contribution in [0.1, 0.15) is 5.69 Å². The van der Waals surface area contributed by atoms with Crippen LogP contribution >= 0.6 is 11.3 Å². The van der Waals surface area contributed by atoms with Gasteiger partial charge in [0.25, 0.3) is 5.69 Å². The number of nitro benzene ring substituents is 1. The van der Waals surface area contributed by atoms with Crippen molar-refractivity contribution in [3.05, 3.63) is 44.9 Å². The van der Waals surface area contributed by atoms with Crippen LogP contribution in [0, 0.1) is 10.1 Å². The third-order valence-corrected chi connectivity index (χ3v) is 4.97. The number of benzene rings is 1. The number of nitrogens with zero attached hydrogens (tertiary/aromatic N) is 2. The van der Waals surface area contributed by atoms with Crippen LogP contribution in [0.15, 0.2) is 34.0 Å². The molecule has 1 heterocycles. The molecule has 2 rings (SSSR count). The second-order valence-corrected chi connectivity index (χ2v) is 6.91.